The standard InChI is InChI=1S/C22H20N6O3S2/c1-2-31-17-7-5-16(6-8-17)28-20(15-9-11-23-12-10-15)25-27-22(28)33-14-19(29)24-26-21(30)18-4-3-13-32-18/h3-13H,2,14H2,1H3,(H,24,29)(H,26,30). The number of nitrogens with zero attached hydrogens (tertiary/aromatic N) is 4. The molecule has 0 aliphatic rings. The fourth-order valence-electron chi connectivity index (χ4n) is 2.90. The number of thiophene rings is 1. The highest BCUT2D eigenvalue weighted by molar-refractivity contribution is 7.99. The second kappa shape index (κ2) is 10.7. The third-order valence-corrected chi connectivity index (χ3v) is 6.17. The minimum absolute atomic E-state index is 0.0379. The van der Waals surface area contributed by atoms with Crippen LogP contribution in [0.3, 0.4) is 0 Å². The second-order valence-corrected chi connectivity index (χ2v) is 8.46. The number of carbonyl (C=O) groups is 2. The summed E-state index contributed by atoms with van der Waals surface area (Å²) in [6, 6.07) is 14.7. The monoisotopic (exact) mass is 480 g/mol. The van der Waals surface area contributed by atoms with Gasteiger partial charge in [0.1, 0.15) is 5.75 Å². The molecule has 0 saturated carbocycles. The van der Waals surface area contributed by atoms with Gasteiger partial charge >= 0.3 is 0 Å². The zero-order valence-electron chi connectivity index (χ0n) is 17.6. The molecule has 4 rings (SSSR count). The molecule has 0 spiro atoms. The molecule has 3 aromatic heterocycles. The van der Waals surface area contributed by atoms with Crippen molar-refractivity contribution in [1.29, 1.82) is 0 Å². The lowest BCUT2D eigenvalue weighted by Gasteiger charge is -2.11. The fraction of sp³-hybridized carbons (Fsp3) is 0.136. The molecule has 0 unspecified atom stereocenters. The summed E-state index contributed by atoms with van der Waals surface area (Å²) < 4.78 is 7.40. The van der Waals surface area contributed by atoms with Crippen LogP contribution in [-0.2, 0) is 4.79 Å². The molecule has 1 aromatic carbocycles. The Hall–Kier alpha value is -3.70. The Kier molecular flexibility index (Phi) is 7.33. The Morgan fingerprint density at radius 3 is 2.55 bits per heavy atom. The Labute approximate surface area is 198 Å². The van der Waals surface area contributed by atoms with E-state index in [0.29, 0.717) is 22.5 Å². The first-order valence-electron chi connectivity index (χ1n) is 10.00. The Morgan fingerprint density at radius 2 is 1.85 bits per heavy atom. The Morgan fingerprint density at radius 1 is 1.06 bits per heavy atom. The topological polar surface area (TPSA) is 111 Å². The van der Waals surface area contributed by atoms with Gasteiger partial charge in [-0.2, -0.15) is 0 Å². The maximum atomic E-state index is 12.3. The summed E-state index contributed by atoms with van der Waals surface area (Å²) in [5, 5.41) is 11.0. The Balaban J connectivity index is 1.51. The molecule has 0 radical (unpaired) electrons. The molecule has 0 fully saturated rings. The van der Waals surface area contributed by atoms with Gasteiger partial charge in [0.25, 0.3) is 5.91 Å². The van der Waals surface area contributed by atoms with E-state index in [-0.39, 0.29) is 17.6 Å². The molecule has 0 aliphatic carbocycles. The second-order valence-electron chi connectivity index (χ2n) is 6.57. The highest BCUT2D eigenvalue weighted by Gasteiger charge is 2.18. The molecule has 168 valence electrons. The molecule has 3 heterocycles. The number of nitrogens with one attached hydrogen (secondary N) is 2. The van der Waals surface area contributed by atoms with E-state index in [0.717, 1.165) is 17.0 Å². The van der Waals surface area contributed by atoms with E-state index in [1.807, 2.05) is 47.9 Å². The summed E-state index contributed by atoms with van der Waals surface area (Å²) in [5.74, 6) is 0.693. The summed E-state index contributed by atoms with van der Waals surface area (Å²) in [4.78, 5) is 28.9. The van der Waals surface area contributed by atoms with Gasteiger partial charge in [0, 0.05) is 23.6 Å². The molecular weight excluding hydrogens is 460 g/mol. The van der Waals surface area contributed by atoms with E-state index in [4.69, 9.17) is 4.74 Å². The van der Waals surface area contributed by atoms with E-state index < -0.39 is 0 Å². The van der Waals surface area contributed by atoms with Crippen molar-refractivity contribution in [3.05, 3.63) is 71.2 Å². The van der Waals surface area contributed by atoms with E-state index in [2.05, 4.69) is 26.0 Å². The van der Waals surface area contributed by atoms with Crippen molar-refractivity contribution in [2.75, 3.05) is 12.4 Å². The van der Waals surface area contributed by atoms with E-state index in [9.17, 15) is 9.59 Å². The number of hydrogen-bond acceptors (Lipinski definition) is 8. The quantitative estimate of drug-likeness (QED) is 0.294. The molecule has 2 N–H and O–H groups in total. The number of amides is 2. The van der Waals surface area contributed by atoms with E-state index >= 15 is 0 Å². The predicted molar refractivity (Wildman–Crippen MR) is 126 cm³/mol. The van der Waals surface area contributed by atoms with Crippen LogP contribution in [-0.4, -0.2) is 43.9 Å². The van der Waals surface area contributed by atoms with Gasteiger partial charge in [-0.3, -0.25) is 30.0 Å². The zero-order chi connectivity index (χ0) is 23.0. The molecule has 11 heteroatoms. The summed E-state index contributed by atoms with van der Waals surface area (Å²) in [6.07, 6.45) is 3.37. The summed E-state index contributed by atoms with van der Waals surface area (Å²) in [5.41, 5.74) is 6.50. The molecule has 33 heavy (non-hydrogen) atoms. The van der Waals surface area contributed by atoms with Crippen LogP contribution in [0.25, 0.3) is 17.1 Å². The van der Waals surface area contributed by atoms with Crippen LogP contribution >= 0.6 is 23.1 Å². The Bertz CT molecular complexity index is 1210. The van der Waals surface area contributed by atoms with Crippen molar-refractivity contribution in [1.82, 2.24) is 30.6 Å². The molecule has 2 amide bonds. The lowest BCUT2D eigenvalue weighted by Crippen LogP contribution is -2.42. The smallest absolute Gasteiger partial charge is 0.279 e. The maximum Gasteiger partial charge on any atom is 0.279 e. The van der Waals surface area contributed by atoms with E-state index in [1.165, 1.54) is 23.1 Å². The number of hydrazine groups is 1. The first-order valence-corrected chi connectivity index (χ1v) is 11.9. The van der Waals surface area contributed by atoms with Crippen molar-refractivity contribution in [2.45, 2.75) is 12.1 Å². The molecule has 0 aliphatic heterocycles. The van der Waals surface area contributed by atoms with Crippen LogP contribution in [0.15, 0.2) is 71.5 Å². The largest absolute Gasteiger partial charge is 0.494 e. The average Bonchev–Trinajstić information content (AvgIpc) is 3.53. The molecule has 0 atom stereocenters. The minimum atomic E-state index is -0.364. The van der Waals surface area contributed by atoms with Crippen molar-refractivity contribution in [2.24, 2.45) is 0 Å². The highest BCUT2D eigenvalue weighted by atomic mass is 32.2. The zero-order valence-corrected chi connectivity index (χ0v) is 19.2. The first-order chi connectivity index (χ1) is 16.2. The van der Waals surface area contributed by atoms with Crippen molar-refractivity contribution in [3.8, 4) is 22.8 Å². The van der Waals surface area contributed by atoms with Gasteiger partial charge in [-0.25, -0.2) is 0 Å². The van der Waals surface area contributed by atoms with Crippen molar-refractivity contribution >= 4 is 34.9 Å². The molecular formula is C22H20N6O3S2. The number of carbonyl (C=O) groups excluding carboxylic acids is 2. The number of pyridine rings is 1. The van der Waals surface area contributed by atoms with Crippen LogP contribution in [0.4, 0.5) is 0 Å². The van der Waals surface area contributed by atoms with Gasteiger partial charge < -0.3 is 4.74 Å². The van der Waals surface area contributed by atoms with Crippen molar-refractivity contribution in [3.63, 3.8) is 0 Å². The van der Waals surface area contributed by atoms with Crippen LogP contribution < -0.4 is 15.6 Å². The first kappa shape index (κ1) is 22.5. The molecule has 4 aromatic rings. The van der Waals surface area contributed by atoms with Crippen LogP contribution in [0.2, 0.25) is 0 Å². The number of thioether (sulfide) groups is 1. The number of aromatic nitrogens is 4. The summed E-state index contributed by atoms with van der Waals surface area (Å²) in [6.45, 7) is 2.51. The predicted octanol–water partition coefficient (Wildman–Crippen LogP) is 3.34. The number of hydrogen-bond donors (Lipinski definition) is 2. The number of benzene rings is 1. The lowest BCUT2D eigenvalue weighted by molar-refractivity contribution is -0.119. The fourth-order valence-corrected chi connectivity index (χ4v) is 4.28. The normalized spacial score (nSPS) is 10.6. The highest BCUT2D eigenvalue weighted by Crippen LogP contribution is 2.28. The van der Waals surface area contributed by atoms with Gasteiger partial charge in [0.2, 0.25) is 5.91 Å². The van der Waals surface area contributed by atoms with Crippen LogP contribution in [0.1, 0.15) is 16.6 Å². The third-order valence-electron chi connectivity index (χ3n) is 4.37. The third kappa shape index (κ3) is 5.57. The molecule has 0 bridgehead atoms. The lowest BCUT2D eigenvalue weighted by atomic mass is 10.2. The average molecular weight is 481 g/mol. The summed E-state index contributed by atoms with van der Waals surface area (Å²) in [7, 11) is 0. The van der Waals surface area contributed by atoms with Gasteiger partial charge in [-0.05, 0) is 54.8 Å². The number of rotatable bonds is 8. The molecule has 9 nitrogen and oxygen atoms in total. The van der Waals surface area contributed by atoms with Crippen LogP contribution in [0, 0.1) is 0 Å². The maximum absolute atomic E-state index is 12.3. The minimum Gasteiger partial charge on any atom is -0.494 e. The summed E-state index contributed by atoms with van der Waals surface area (Å²) >= 11 is 2.50. The van der Waals surface area contributed by atoms with Crippen LogP contribution in [0.5, 0.6) is 5.75 Å². The van der Waals surface area contributed by atoms with E-state index in [1.54, 1.807) is 29.9 Å². The van der Waals surface area contributed by atoms with Gasteiger partial charge in [-0.1, -0.05) is 17.8 Å². The van der Waals surface area contributed by atoms with Gasteiger partial charge in [0.05, 0.1) is 17.2 Å². The van der Waals surface area contributed by atoms with Gasteiger partial charge in [0.15, 0.2) is 11.0 Å². The number of ether oxygens (including phenoxy) is 1. The van der Waals surface area contributed by atoms with Gasteiger partial charge in [-0.15, -0.1) is 21.5 Å². The van der Waals surface area contributed by atoms with Crippen molar-refractivity contribution < 1.29 is 14.3 Å². The molecule has 0 saturated heterocycles. The SMILES string of the molecule is CCOc1ccc(-n2c(SCC(=O)NNC(=O)c3cccs3)nnc2-c2ccncc2)cc1.